The van der Waals surface area contributed by atoms with E-state index in [1.165, 1.54) is 6.08 Å². The monoisotopic (exact) mass is 415 g/mol. The van der Waals surface area contributed by atoms with Crippen molar-refractivity contribution < 1.29 is 24.6 Å². The number of ketones is 1. The van der Waals surface area contributed by atoms with Crippen LogP contribution in [0.15, 0.2) is 54.1 Å². The summed E-state index contributed by atoms with van der Waals surface area (Å²) < 4.78 is 1.69. The minimum absolute atomic E-state index is 0.198. The number of carbonyl (C=O) groups excluding carboxylic acids is 1. The molecule has 31 heavy (non-hydrogen) atoms. The van der Waals surface area contributed by atoms with Crippen molar-refractivity contribution >= 4 is 23.8 Å². The first-order chi connectivity index (χ1) is 14.7. The molecule has 0 spiro atoms. The second kappa shape index (κ2) is 8.47. The van der Waals surface area contributed by atoms with Crippen LogP contribution in [0.5, 0.6) is 0 Å². The van der Waals surface area contributed by atoms with E-state index in [0.29, 0.717) is 17.0 Å². The first-order valence-electron chi connectivity index (χ1n) is 9.12. The lowest BCUT2D eigenvalue weighted by Gasteiger charge is -2.05. The predicted octanol–water partition coefficient (Wildman–Crippen LogP) is 3.68. The van der Waals surface area contributed by atoms with Gasteiger partial charge in [-0.1, -0.05) is 18.2 Å². The number of benzene rings is 2. The molecule has 0 bridgehead atoms. The number of para-hydroxylation sites is 1. The summed E-state index contributed by atoms with van der Waals surface area (Å²) in [5, 5.41) is 32.5. The maximum atomic E-state index is 12.9. The average molecular weight is 415 g/mol. The fraction of sp³-hybridized carbons (Fsp3) is 0.0870. The van der Waals surface area contributed by atoms with Gasteiger partial charge >= 0.3 is 11.9 Å². The number of carboxylic acids is 2. The van der Waals surface area contributed by atoms with Crippen molar-refractivity contribution in [3.8, 4) is 11.8 Å². The average Bonchev–Trinajstić information content (AvgIpc) is 3.05. The molecular weight excluding hydrogens is 398 g/mol. The van der Waals surface area contributed by atoms with E-state index in [1.54, 1.807) is 18.5 Å². The first kappa shape index (κ1) is 21.2. The summed E-state index contributed by atoms with van der Waals surface area (Å²) in [6.07, 6.45) is 1.38. The molecule has 0 aliphatic rings. The molecular formula is C23H17N3O5. The van der Waals surface area contributed by atoms with E-state index < -0.39 is 17.7 Å². The van der Waals surface area contributed by atoms with Crippen LogP contribution >= 0.6 is 0 Å². The standard InChI is InChI=1S/C23H17N3O5/c1-13-20(14(2)26(25-13)19-6-4-3-5-7-19)11-18(12-24)21(27)15-8-16(22(28)29)10-17(9-15)23(30)31/h3-11H,1-2H3,(H,28,29)(H,30,31)/b18-11+. The normalized spacial score (nSPS) is 11.1. The zero-order valence-electron chi connectivity index (χ0n) is 16.7. The summed E-state index contributed by atoms with van der Waals surface area (Å²) in [7, 11) is 0. The van der Waals surface area contributed by atoms with Crippen LogP contribution in [-0.4, -0.2) is 37.7 Å². The molecule has 0 radical (unpaired) electrons. The van der Waals surface area contributed by atoms with Crippen LogP contribution in [0.2, 0.25) is 0 Å². The van der Waals surface area contributed by atoms with Crippen LogP contribution in [0.3, 0.4) is 0 Å². The van der Waals surface area contributed by atoms with Crippen molar-refractivity contribution in [2.75, 3.05) is 0 Å². The molecule has 8 heteroatoms. The quantitative estimate of drug-likeness (QED) is 0.356. The lowest BCUT2D eigenvalue weighted by molar-refractivity contribution is 0.0696. The van der Waals surface area contributed by atoms with E-state index in [0.717, 1.165) is 23.9 Å². The van der Waals surface area contributed by atoms with Gasteiger partial charge in [-0.2, -0.15) is 10.4 Å². The third-order valence-electron chi connectivity index (χ3n) is 4.69. The Labute approximate surface area is 177 Å². The zero-order chi connectivity index (χ0) is 22.7. The number of rotatable bonds is 6. The first-order valence-corrected chi connectivity index (χ1v) is 9.12. The molecule has 0 aliphatic heterocycles. The Balaban J connectivity index is 2.09. The van der Waals surface area contributed by atoms with Crippen LogP contribution in [0.4, 0.5) is 0 Å². The highest BCUT2D eigenvalue weighted by Crippen LogP contribution is 2.22. The van der Waals surface area contributed by atoms with Gasteiger partial charge in [-0.3, -0.25) is 4.79 Å². The van der Waals surface area contributed by atoms with E-state index >= 15 is 0 Å². The van der Waals surface area contributed by atoms with Crippen LogP contribution in [0, 0.1) is 25.2 Å². The summed E-state index contributed by atoms with van der Waals surface area (Å²) in [5.41, 5.74) is 1.50. The van der Waals surface area contributed by atoms with Gasteiger partial charge < -0.3 is 10.2 Å². The van der Waals surface area contributed by atoms with E-state index in [9.17, 15) is 29.9 Å². The number of hydrogen-bond acceptors (Lipinski definition) is 5. The SMILES string of the molecule is Cc1nn(-c2ccccc2)c(C)c1/C=C(\C#N)C(=O)c1cc(C(=O)O)cc(C(=O)O)c1. The Kier molecular flexibility index (Phi) is 5.79. The summed E-state index contributed by atoms with van der Waals surface area (Å²) in [4.78, 5) is 35.6. The molecule has 1 heterocycles. The van der Waals surface area contributed by atoms with Gasteiger partial charge in [0.2, 0.25) is 5.78 Å². The van der Waals surface area contributed by atoms with Gasteiger partial charge in [0.05, 0.1) is 22.5 Å². The topological polar surface area (TPSA) is 133 Å². The maximum Gasteiger partial charge on any atom is 0.335 e. The molecule has 0 saturated carbocycles. The van der Waals surface area contributed by atoms with E-state index in [2.05, 4.69) is 5.10 Å². The molecule has 0 unspecified atom stereocenters. The lowest BCUT2D eigenvalue weighted by Crippen LogP contribution is -2.09. The smallest absolute Gasteiger partial charge is 0.335 e. The van der Waals surface area contributed by atoms with Gasteiger partial charge in [0.15, 0.2) is 0 Å². The Morgan fingerprint density at radius 1 is 0.968 bits per heavy atom. The largest absolute Gasteiger partial charge is 0.478 e. The van der Waals surface area contributed by atoms with Crippen LogP contribution < -0.4 is 0 Å². The fourth-order valence-electron chi connectivity index (χ4n) is 3.14. The number of allylic oxidation sites excluding steroid dienone is 1. The highest BCUT2D eigenvalue weighted by molar-refractivity contribution is 6.15. The second-order valence-corrected chi connectivity index (χ2v) is 6.74. The van der Waals surface area contributed by atoms with Gasteiger partial charge in [0, 0.05) is 16.8 Å². The molecule has 0 amide bonds. The fourth-order valence-corrected chi connectivity index (χ4v) is 3.14. The molecule has 3 aromatic rings. The van der Waals surface area contributed by atoms with Crippen molar-refractivity contribution in [2.24, 2.45) is 0 Å². The highest BCUT2D eigenvalue weighted by Gasteiger charge is 2.20. The number of Topliss-reactive ketones (excluding diaryl/α,β-unsaturated/α-hetero) is 1. The molecule has 1 aromatic heterocycles. The number of aryl methyl sites for hydroxylation is 1. The third-order valence-corrected chi connectivity index (χ3v) is 4.69. The van der Waals surface area contributed by atoms with Crippen LogP contribution in [-0.2, 0) is 0 Å². The second-order valence-electron chi connectivity index (χ2n) is 6.74. The Hall–Kier alpha value is -4.51. The summed E-state index contributed by atoms with van der Waals surface area (Å²) in [6, 6.07) is 14.2. The molecule has 0 saturated heterocycles. The van der Waals surface area contributed by atoms with E-state index in [4.69, 9.17) is 0 Å². The molecule has 8 nitrogen and oxygen atoms in total. The molecule has 154 valence electrons. The number of carbonyl (C=O) groups is 3. The lowest BCUT2D eigenvalue weighted by atomic mass is 9.97. The number of hydrogen-bond donors (Lipinski definition) is 2. The van der Waals surface area contributed by atoms with Crippen molar-refractivity contribution in [3.63, 3.8) is 0 Å². The molecule has 0 fully saturated rings. The number of aromatic carboxylic acids is 2. The summed E-state index contributed by atoms with van der Waals surface area (Å²) in [6.45, 7) is 3.54. The third kappa shape index (κ3) is 4.26. The number of carboxylic acid groups (broad SMARTS) is 2. The number of aromatic nitrogens is 2. The summed E-state index contributed by atoms with van der Waals surface area (Å²) in [5.74, 6) is -3.54. The number of nitrogens with zero attached hydrogens (tertiary/aromatic N) is 3. The number of nitriles is 1. The van der Waals surface area contributed by atoms with Gasteiger partial charge in [0.1, 0.15) is 11.6 Å². The molecule has 2 aromatic carbocycles. The minimum atomic E-state index is -1.38. The van der Waals surface area contributed by atoms with Crippen molar-refractivity contribution in [1.29, 1.82) is 5.26 Å². The minimum Gasteiger partial charge on any atom is -0.478 e. The molecule has 2 N–H and O–H groups in total. The highest BCUT2D eigenvalue weighted by atomic mass is 16.4. The van der Waals surface area contributed by atoms with Crippen molar-refractivity contribution in [3.05, 3.63) is 87.7 Å². The van der Waals surface area contributed by atoms with E-state index in [1.807, 2.05) is 36.4 Å². The predicted molar refractivity (Wildman–Crippen MR) is 111 cm³/mol. The van der Waals surface area contributed by atoms with Crippen LogP contribution in [0.25, 0.3) is 11.8 Å². The van der Waals surface area contributed by atoms with Gasteiger partial charge in [-0.25, -0.2) is 14.3 Å². The van der Waals surface area contributed by atoms with Gasteiger partial charge in [-0.15, -0.1) is 0 Å². The zero-order valence-corrected chi connectivity index (χ0v) is 16.7. The molecule has 3 rings (SSSR count). The Morgan fingerprint density at radius 3 is 2.03 bits per heavy atom. The Morgan fingerprint density at radius 2 is 1.52 bits per heavy atom. The molecule has 0 atom stereocenters. The molecule has 0 aliphatic carbocycles. The Bertz CT molecular complexity index is 1250. The van der Waals surface area contributed by atoms with Gasteiger partial charge in [-0.05, 0) is 50.3 Å². The van der Waals surface area contributed by atoms with Crippen molar-refractivity contribution in [2.45, 2.75) is 13.8 Å². The van der Waals surface area contributed by atoms with Crippen molar-refractivity contribution in [1.82, 2.24) is 9.78 Å². The maximum absolute atomic E-state index is 12.9. The van der Waals surface area contributed by atoms with Gasteiger partial charge in [0.25, 0.3) is 0 Å². The van der Waals surface area contributed by atoms with Crippen LogP contribution in [0.1, 0.15) is 48.0 Å². The van der Waals surface area contributed by atoms with E-state index in [-0.39, 0.29) is 22.3 Å². The summed E-state index contributed by atoms with van der Waals surface area (Å²) >= 11 is 0.